The molecule has 0 N–H and O–H groups in total. The zero-order valence-electron chi connectivity index (χ0n) is 9.34. The van der Waals surface area contributed by atoms with Crippen molar-refractivity contribution in [2.75, 3.05) is 11.4 Å². The SMILES string of the molecule is Cc1cc(N2CCn3cnnc3C2)nc(Cl)n1. The Morgan fingerprint density at radius 2 is 2.18 bits per heavy atom. The molecule has 0 fully saturated rings. The molecule has 17 heavy (non-hydrogen) atoms. The normalized spacial score (nSPS) is 14.8. The van der Waals surface area contributed by atoms with Crippen LogP contribution in [-0.2, 0) is 13.1 Å². The lowest BCUT2D eigenvalue weighted by molar-refractivity contribution is 0.555. The third kappa shape index (κ3) is 1.95. The van der Waals surface area contributed by atoms with Crippen LogP contribution in [0.1, 0.15) is 11.5 Å². The van der Waals surface area contributed by atoms with Gasteiger partial charge in [0.1, 0.15) is 12.1 Å². The Kier molecular flexibility index (Phi) is 2.44. The van der Waals surface area contributed by atoms with E-state index in [0.29, 0.717) is 6.54 Å². The number of nitrogens with zero attached hydrogens (tertiary/aromatic N) is 6. The predicted molar refractivity (Wildman–Crippen MR) is 62.9 cm³/mol. The quantitative estimate of drug-likeness (QED) is 0.708. The molecule has 0 radical (unpaired) electrons. The standard InChI is InChI=1S/C10H11ClN6/c1-7-4-8(14-10(11)13-7)16-2-3-17-6-12-15-9(17)5-16/h4,6H,2-3,5H2,1H3. The molecule has 2 aromatic rings. The van der Waals surface area contributed by atoms with Crippen molar-refractivity contribution < 1.29 is 0 Å². The second-order valence-electron chi connectivity index (χ2n) is 4.00. The number of halogens is 1. The van der Waals surface area contributed by atoms with Gasteiger partial charge >= 0.3 is 0 Å². The molecule has 2 aromatic heterocycles. The van der Waals surface area contributed by atoms with Crippen LogP contribution in [0.15, 0.2) is 12.4 Å². The largest absolute Gasteiger partial charge is 0.347 e. The maximum atomic E-state index is 5.87. The first-order chi connectivity index (χ1) is 8.22. The van der Waals surface area contributed by atoms with Crippen molar-refractivity contribution in [3.63, 3.8) is 0 Å². The van der Waals surface area contributed by atoms with Crippen LogP contribution in [0.4, 0.5) is 5.82 Å². The number of hydrogen-bond acceptors (Lipinski definition) is 5. The van der Waals surface area contributed by atoms with E-state index in [0.717, 1.165) is 30.4 Å². The smallest absolute Gasteiger partial charge is 0.224 e. The molecule has 3 heterocycles. The van der Waals surface area contributed by atoms with Gasteiger partial charge in [0.25, 0.3) is 0 Å². The van der Waals surface area contributed by atoms with E-state index in [1.165, 1.54) is 0 Å². The highest BCUT2D eigenvalue weighted by atomic mass is 35.5. The molecule has 6 nitrogen and oxygen atoms in total. The van der Waals surface area contributed by atoms with E-state index in [1.807, 2.05) is 17.6 Å². The van der Waals surface area contributed by atoms with E-state index in [4.69, 9.17) is 11.6 Å². The average Bonchev–Trinajstić information content (AvgIpc) is 2.74. The molecule has 1 aliphatic rings. The number of aryl methyl sites for hydroxylation is 1. The summed E-state index contributed by atoms with van der Waals surface area (Å²) in [7, 11) is 0. The van der Waals surface area contributed by atoms with Gasteiger partial charge in [-0.05, 0) is 18.5 Å². The second-order valence-corrected chi connectivity index (χ2v) is 4.34. The van der Waals surface area contributed by atoms with Gasteiger partial charge in [0, 0.05) is 24.8 Å². The highest BCUT2D eigenvalue weighted by molar-refractivity contribution is 6.28. The summed E-state index contributed by atoms with van der Waals surface area (Å²) in [6, 6.07) is 1.93. The van der Waals surface area contributed by atoms with E-state index in [9.17, 15) is 0 Å². The van der Waals surface area contributed by atoms with E-state index in [2.05, 4.69) is 25.1 Å². The van der Waals surface area contributed by atoms with E-state index in [-0.39, 0.29) is 5.28 Å². The Bertz CT molecular complexity index is 531. The number of anilines is 1. The van der Waals surface area contributed by atoms with Gasteiger partial charge in [0.05, 0.1) is 6.54 Å². The van der Waals surface area contributed by atoms with Crippen LogP contribution in [0.3, 0.4) is 0 Å². The summed E-state index contributed by atoms with van der Waals surface area (Å²) < 4.78 is 2.05. The first-order valence-corrected chi connectivity index (χ1v) is 5.73. The highest BCUT2D eigenvalue weighted by Gasteiger charge is 2.19. The fraction of sp³-hybridized carbons (Fsp3) is 0.400. The van der Waals surface area contributed by atoms with Crippen molar-refractivity contribution in [2.24, 2.45) is 0 Å². The molecule has 0 spiro atoms. The molecular formula is C10H11ClN6. The summed E-state index contributed by atoms with van der Waals surface area (Å²) in [5, 5.41) is 8.25. The fourth-order valence-electron chi connectivity index (χ4n) is 1.94. The molecule has 0 saturated carbocycles. The van der Waals surface area contributed by atoms with Crippen LogP contribution in [-0.4, -0.2) is 31.3 Å². The first kappa shape index (κ1) is 10.5. The van der Waals surface area contributed by atoms with Crippen molar-refractivity contribution in [3.8, 4) is 0 Å². The van der Waals surface area contributed by atoms with Gasteiger partial charge in [-0.25, -0.2) is 9.97 Å². The Balaban J connectivity index is 1.91. The predicted octanol–water partition coefficient (Wildman–Crippen LogP) is 1.05. The van der Waals surface area contributed by atoms with Crippen LogP contribution in [0, 0.1) is 6.92 Å². The third-order valence-corrected chi connectivity index (χ3v) is 2.95. The third-order valence-electron chi connectivity index (χ3n) is 2.78. The van der Waals surface area contributed by atoms with E-state index < -0.39 is 0 Å². The highest BCUT2D eigenvalue weighted by Crippen LogP contribution is 2.19. The minimum Gasteiger partial charge on any atom is -0.347 e. The Morgan fingerprint density at radius 3 is 3.00 bits per heavy atom. The van der Waals surface area contributed by atoms with Gasteiger partial charge in [-0.1, -0.05) is 0 Å². The number of rotatable bonds is 1. The van der Waals surface area contributed by atoms with Crippen molar-refractivity contribution >= 4 is 17.4 Å². The summed E-state index contributed by atoms with van der Waals surface area (Å²) >= 11 is 5.87. The Hall–Kier alpha value is -1.69. The molecule has 0 saturated heterocycles. The Labute approximate surface area is 103 Å². The molecule has 88 valence electrons. The first-order valence-electron chi connectivity index (χ1n) is 5.35. The molecule has 0 aromatic carbocycles. The minimum atomic E-state index is 0.284. The van der Waals surface area contributed by atoms with Gasteiger partial charge < -0.3 is 9.47 Å². The maximum absolute atomic E-state index is 5.87. The van der Waals surface area contributed by atoms with Crippen LogP contribution in [0.2, 0.25) is 5.28 Å². The number of hydrogen-bond donors (Lipinski definition) is 0. The lowest BCUT2D eigenvalue weighted by Gasteiger charge is -2.28. The van der Waals surface area contributed by atoms with E-state index in [1.54, 1.807) is 6.33 Å². The lowest BCUT2D eigenvalue weighted by Crippen LogP contribution is -2.34. The van der Waals surface area contributed by atoms with Gasteiger partial charge in [-0.15, -0.1) is 10.2 Å². The van der Waals surface area contributed by atoms with Crippen LogP contribution in [0.25, 0.3) is 0 Å². The summed E-state index contributed by atoms with van der Waals surface area (Å²) in [6.07, 6.45) is 1.75. The second kappa shape index (κ2) is 3.96. The van der Waals surface area contributed by atoms with Gasteiger partial charge in [0.2, 0.25) is 5.28 Å². The average molecular weight is 251 g/mol. The van der Waals surface area contributed by atoms with Crippen molar-refractivity contribution in [3.05, 3.63) is 29.2 Å². The molecular weight excluding hydrogens is 240 g/mol. The topological polar surface area (TPSA) is 59.7 Å². The molecule has 0 amide bonds. The molecule has 0 atom stereocenters. The van der Waals surface area contributed by atoms with Gasteiger partial charge in [0.15, 0.2) is 5.82 Å². The monoisotopic (exact) mass is 250 g/mol. The fourth-order valence-corrected chi connectivity index (χ4v) is 2.16. The van der Waals surface area contributed by atoms with E-state index >= 15 is 0 Å². The lowest BCUT2D eigenvalue weighted by atomic mass is 10.3. The summed E-state index contributed by atoms with van der Waals surface area (Å²) in [6.45, 7) is 4.34. The van der Waals surface area contributed by atoms with Gasteiger partial charge in [-0.2, -0.15) is 0 Å². The van der Waals surface area contributed by atoms with Crippen molar-refractivity contribution in [2.45, 2.75) is 20.0 Å². The van der Waals surface area contributed by atoms with Crippen LogP contribution < -0.4 is 4.90 Å². The Morgan fingerprint density at radius 1 is 1.29 bits per heavy atom. The molecule has 0 aliphatic carbocycles. The maximum Gasteiger partial charge on any atom is 0.224 e. The summed E-state index contributed by atoms with van der Waals surface area (Å²) in [5.74, 6) is 1.79. The number of fused-ring (bicyclic) bond motifs is 1. The van der Waals surface area contributed by atoms with Gasteiger partial charge in [-0.3, -0.25) is 0 Å². The molecule has 7 heteroatoms. The number of aromatic nitrogens is 5. The van der Waals surface area contributed by atoms with Crippen LogP contribution in [0.5, 0.6) is 0 Å². The zero-order chi connectivity index (χ0) is 11.8. The van der Waals surface area contributed by atoms with Crippen LogP contribution >= 0.6 is 11.6 Å². The molecule has 3 rings (SSSR count). The van der Waals surface area contributed by atoms with Crippen molar-refractivity contribution in [1.82, 2.24) is 24.7 Å². The minimum absolute atomic E-state index is 0.284. The molecule has 0 unspecified atom stereocenters. The summed E-state index contributed by atoms with van der Waals surface area (Å²) in [4.78, 5) is 10.4. The zero-order valence-corrected chi connectivity index (χ0v) is 10.1. The molecule has 1 aliphatic heterocycles. The molecule has 0 bridgehead atoms. The van der Waals surface area contributed by atoms with Crippen molar-refractivity contribution in [1.29, 1.82) is 0 Å². The summed E-state index contributed by atoms with van der Waals surface area (Å²) in [5.41, 5.74) is 0.868.